The Morgan fingerprint density at radius 2 is 1.73 bits per heavy atom. The van der Waals surface area contributed by atoms with Crippen LogP contribution in [0, 0.1) is 5.92 Å². The van der Waals surface area contributed by atoms with Crippen molar-refractivity contribution in [3.8, 4) is 0 Å². The van der Waals surface area contributed by atoms with Crippen molar-refractivity contribution in [2.24, 2.45) is 5.92 Å². The third-order valence-electron chi connectivity index (χ3n) is 5.21. The van der Waals surface area contributed by atoms with Crippen LogP contribution in [0.1, 0.15) is 81.8 Å². The summed E-state index contributed by atoms with van der Waals surface area (Å²) >= 11 is 0. The fourth-order valence-corrected chi connectivity index (χ4v) is 3.75. The molecule has 0 atom stereocenters. The van der Waals surface area contributed by atoms with Crippen molar-refractivity contribution >= 4 is 0 Å². The molecule has 0 unspecified atom stereocenters. The van der Waals surface area contributed by atoms with Gasteiger partial charge in [-0.1, -0.05) is 69.4 Å². The molecule has 0 spiro atoms. The highest BCUT2D eigenvalue weighted by Gasteiger charge is 2.21. The van der Waals surface area contributed by atoms with E-state index in [9.17, 15) is 4.39 Å². The van der Waals surface area contributed by atoms with Crippen LogP contribution in [0.3, 0.4) is 0 Å². The molecule has 0 amide bonds. The SMILES string of the molecule is CCCCCCC1CCC(c2ccc(CC=CF)cc2)CC1. The smallest absolute Gasteiger partial charge is 0.0830 e. The number of halogens is 1. The Kier molecular flexibility index (Phi) is 7.70. The monoisotopic (exact) mass is 302 g/mol. The molecule has 0 radical (unpaired) electrons. The van der Waals surface area contributed by atoms with Crippen LogP contribution in [0.15, 0.2) is 36.7 Å². The van der Waals surface area contributed by atoms with E-state index in [1.165, 1.54) is 68.9 Å². The minimum Gasteiger partial charge on any atom is -0.216 e. The molecule has 0 N–H and O–H groups in total. The van der Waals surface area contributed by atoms with Gasteiger partial charge in [-0.2, -0.15) is 0 Å². The predicted molar refractivity (Wildman–Crippen MR) is 93.9 cm³/mol. The van der Waals surface area contributed by atoms with E-state index in [4.69, 9.17) is 0 Å². The molecule has 22 heavy (non-hydrogen) atoms. The van der Waals surface area contributed by atoms with Crippen molar-refractivity contribution < 1.29 is 4.39 Å². The summed E-state index contributed by atoms with van der Waals surface area (Å²) in [5.41, 5.74) is 2.68. The minimum atomic E-state index is 0.635. The summed E-state index contributed by atoms with van der Waals surface area (Å²) in [5, 5.41) is 0. The topological polar surface area (TPSA) is 0 Å². The first kappa shape index (κ1) is 17.2. The van der Waals surface area contributed by atoms with E-state index in [-0.39, 0.29) is 0 Å². The zero-order chi connectivity index (χ0) is 15.6. The van der Waals surface area contributed by atoms with Crippen molar-refractivity contribution in [3.05, 3.63) is 47.8 Å². The lowest BCUT2D eigenvalue weighted by atomic mass is 9.77. The fourth-order valence-electron chi connectivity index (χ4n) is 3.75. The summed E-state index contributed by atoms with van der Waals surface area (Å²) in [6, 6.07) is 8.83. The number of allylic oxidation sites excluding steroid dienone is 1. The Bertz CT molecular complexity index is 424. The van der Waals surface area contributed by atoms with Gasteiger partial charge in [-0.05, 0) is 55.1 Å². The molecule has 2 rings (SSSR count). The first-order valence-electron chi connectivity index (χ1n) is 9.17. The molecule has 0 saturated heterocycles. The molecule has 0 bridgehead atoms. The van der Waals surface area contributed by atoms with Crippen LogP contribution in [0.4, 0.5) is 4.39 Å². The Morgan fingerprint density at radius 3 is 2.36 bits per heavy atom. The van der Waals surface area contributed by atoms with Gasteiger partial charge in [0.25, 0.3) is 0 Å². The molecule has 1 heteroatoms. The summed E-state index contributed by atoms with van der Waals surface area (Å²) in [5.74, 6) is 1.72. The largest absolute Gasteiger partial charge is 0.216 e. The second-order valence-electron chi connectivity index (χ2n) is 6.87. The summed E-state index contributed by atoms with van der Waals surface area (Å²) in [6.07, 6.45) is 15.4. The number of benzene rings is 1. The van der Waals surface area contributed by atoms with Crippen LogP contribution in [-0.4, -0.2) is 0 Å². The molecular weight excluding hydrogens is 271 g/mol. The Labute approximate surface area is 135 Å². The molecule has 0 aliphatic heterocycles. The van der Waals surface area contributed by atoms with Crippen LogP contribution in [0.25, 0.3) is 0 Å². The molecule has 0 nitrogen and oxygen atoms in total. The normalized spacial score (nSPS) is 22.3. The molecule has 0 heterocycles. The van der Waals surface area contributed by atoms with Crippen LogP contribution in [0.2, 0.25) is 0 Å². The zero-order valence-corrected chi connectivity index (χ0v) is 14.1. The molecule has 1 aromatic carbocycles. The average molecular weight is 302 g/mol. The second kappa shape index (κ2) is 9.82. The Morgan fingerprint density at radius 1 is 1.00 bits per heavy atom. The van der Waals surface area contributed by atoms with Gasteiger partial charge < -0.3 is 0 Å². The van der Waals surface area contributed by atoms with E-state index in [0.717, 1.165) is 11.8 Å². The lowest BCUT2D eigenvalue weighted by molar-refractivity contribution is 0.302. The van der Waals surface area contributed by atoms with Gasteiger partial charge in [-0.15, -0.1) is 0 Å². The molecule has 1 saturated carbocycles. The molecule has 1 fully saturated rings. The predicted octanol–water partition coefficient (Wildman–Crippen LogP) is 6.96. The van der Waals surface area contributed by atoms with Gasteiger partial charge in [-0.25, -0.2) is 4.39 Å². The van der Waals surface area contributed by atoms with Crippen molar-refractivity contribution in [2.45, 2.75) is 77.0 Å². The van der Waals surface area contributed by atoms with E-state index in [1.807, 2.05) is 0 Å². The second-order valence-corrected chi connectivity index (χ2v) is 6.87. The summed E-state index contributed by atoms with van der Waals surface area (Å²) in [6.45, 7) is 2.28. The minimum absolute atomic E-state index is 0.635. The van der Waals surface area contributed by atoms with E-state index < -0.39 is 0 Å². The van der Waals surface area contributed by atoms with Gasteiger partial charge in [0.1, 0.15) is 0 Å². The van der Waals surface area contributed by atoms with Crippen molar-refractivity contribution in [1.29, 1.82) is 0 Å². The Balaban J connectivity index is 1.74. The number of rotatable bonds is 8. The zero-order valence-electron chi connectivity index (χ0n) is 14.1. The highest BCUT2D eigenvalue weighted by Crippen LogP contribution is 2.37. The lowest BCUT2D eigenvalue weighted by Gasteiger charge is -2.29. The number of hydrogen-bond donors (Lipinski definition) is 0. The maximum atomic E-state index is 12.0. The Hall–Kier alpha value is -1.11. The van der Waals surface area contributed by atoms with Crippen molar-refractivity contribution in [3.63, 3.8) is 0 Å². The fraction of sp³-hybridized carbons (Fsp3) is 0.619. The maximum absolute atomic E-state index is 12.0. The number of unbranched alkanes of at least 4 members (excludes halogenated alkanes) is 3. The van der Waals surface area contributed by atoms with Crippen LogP contribution >= 0.6 is 0 Å². The van der Waals surface area contributed by atoms with Gasteiger partial charge in [0.05, 0.1) is 6.33 Å². The van der Waals surface area contributed by atoms with E-state index in [0.29, 0.717) is 12.8 Å². The van der Waals surface area contributed by atoms with Gasteiger partial charge in [0.15, 0.2) is 0 Å². The first-order chi connectivity index (χ1) is 10.8. The molecular formula is C21H31F. The van der Waals surface area contributed by atoms with Gasteiger partial charge in [0, 0.05) is 0 Å². The number of hydrogen-bond acceptors (Lipinski definition) is 0. The lowest BCUT2D eigenvalue weighted by Crippen LogP contribution is -2.13. The summed E-state index contributed by atoms with van der Waals surface area (Å²) in [7, 11) is 0. The van der Waals surface area contributed by atoms with E-state index in [1.54, 1.807) is 6.08 Å². The quantitative estimate of drug-likeness (QED) is 0.455. The van der Waals surface area contributed by atoms with Crippen LogP contribution in [-0.2, 0) is 6.42 Å². The highest BCUT2D eigenvalue weighted by atomic mass is 19.1. The molecule has 0 aromatic heterocycles. The molecule has 1 aromatic rings. The first-order valence-corrected chi connectivity index (χ1v) is 9.17. The summed E-state index contributed by atoms with van der Waals surface area (Å²) < 4.78 is 12.0. The van der Waals surface area contributed by atoms with Gasteiger partial charge in [0.2, 0.25) is 0 Å². The van der Waals surface area contributed by atoms with Crippen molar-refractivity contribution in [2.75, 3.05) is 0 Å². The van der Waals surface area contributed by atoms with Crippen molar-refractivity contribution in [1.82, 2.24) is 0 Å². The molecule has 1 aliphatic carbocycles. The van der Waals surface area contributed by atoms with E-state index in [2.05, 4.69) is 31.2 Å². The van der Waals surface area contributed by atoms with Gasteiger partial charge >= 0.3 is 0 Å². The van der Waals surface area contributed by atoms with E-state index >= 15 is 0 Å². The third-order valence-corrected chi connectivity index (χ3v) is 5.21. The van der Waals surface area contributed by atoms with Gasteiger partial charge in [-0.3, -0.25) is 0 Å². The highest BCUT2D eigenvalue weighted by molar-refractivity contribution is 5.27. The van der Waals surface area contributed by atoms with Crippen LogP contribution < -0.4 is 0 Å². The summed E-state index contributed by atoms with van der Waals surface area (Å²) in [4.78, 5) is 0. The molecule has 1 aliphatic rings. The third kappa shape index (κ3) is 5.59. The standard InChI is InChI=1S/C21H31F/c1-2-3-4-5-7-18-9-13-20(14-10-18)21-15-11-19(12-16-21)8-6-17-22/h6,11-12,15-18,20H,2-5,7-10,13-14H2,1H3. The average Bonchev–Trinajstić information content (AvgIpc) is 2.58. The maximum Gasteiger partial charge on any atom is 0.0830 e. The molecule has 122 valence electrons. The van der Waals surface area contributed by atoms with Crippen LogP contribution in [0.5, 0.6) is 0 Å².